The van der Waals surface area contributed by atoms with Crippen LogP contribution in [0.15, 0.2) is 18.2 Å². The number of nitrogens with zero attached hydrogens (tertiary/aromatic N) is 2. The van der Waals surface area contributed by atoms with Crippen LogP contribution in [0.25, 0.3) is 0 Å². The first-order chi connectivity index (χ1) is 9.13. The molecule has 2 N–H and O–H groups in total. The van der Waals surface area contributed by atoms with Crippen LogP contribution in [0.4, 0.5) is 5.69 Å². The van der Waals surface area contributed by atoms with E-state index in [1.54, 1.807) is 0 Å². The molecule has 1 aliphatic rings. The topological polar surface area (TPSA) is 32.5 Å². The molecule has 1 saturated heterocycles. The molecule has 2 rings (SSSR count). The highest BCUT2D eigenvalue weighted by molar-refractivity contribution is 6.31. The Morgan fingerprint density at radius 1 is 1.42 bits per heavy atom. The lowest BCUT2D eigenvalue weighted by atomic mass is 10.0. The molecule has 0 bridgehead atoms. The van der Waals surface area contributed by atoms with E-state index in [4.69, 9.17) is 17.3 Å². The van der Waals surface area contributed by atoms with Crippen molar-refractivity contribution < 1.29 is 0 Å². The van der Waals surface area contributed by atoms with Gasteiger partial charge in [-0.3, -0.25) is 0 Å². The average Bonchev–Trinajstić information content (AvgIpc) is 2.41. The summed E-state index contributed by atoms with van der Waals surface area (Å²) in [6.45, 7) is 2.83. The van der Waals surface area contributed by atoms with Crippen LogP contribution in [-0.4, -0.2) is 44.7 Å². The third kappa shape index (κ3) is 3.41. The average molecular weight is 282 g/mol. The van der Waals surface area contributed by atoms with Gasteiger partial charge in [-0.15, -0.1) is 0 Å². The van der Waals surface area contributed by atoms with Gasteiger partial charge in [0.2, 0.25) is 0 Å². The molecule has 1 heterocycles. The Morgan fingerprint density at radius 2 is 2.21 bits per heavy atom. The second kappa shape index (κ2) is 6.60. The maximum Gasteiger partial charge on any atom is 0.0459 e. The fourth-order valence-electron chi connectivity index (χ4n) is 2.83. The molecule has 4 heteroatoms. The molecule has 3 nitrogen and oxygen atoms in total. The largest absolute Gasteiger partial charge is 0.370 e. The van der Waals surface area contributed by atoms with Crippen molar-refractivity contribution in [2.24, 2.45) is 5.73 Å². The van der Waals surface area contributed by atoms with Gasteiger partial charge in [-0.2, -0.15) is 0 Å². The zero-order chi connectivity index (χ0) is 13.8. The van der Waals surface area contributed by atoms with Crippen molar-refractivity contribution in [1.82, 2.24) is 4.90 Å². The SMILES string of the molecule is CN(C)C1CCCN(c2cccc(Cl)c2CCN)C1. The molecule has 0 aliphatic carbocycles. The lowest BCUT2D eigenvalue weighted by Gasteiger charge is -2.38. The molecule has 1 fully saturated rings. The second-order valence-electron chi connectivity index (χ2n) is 5.48. The highest BCUT2D eigenvalue weighted by Crippen LogP contribution is 2.30. The van der Waals surface area contributed by atoms with E-state index in [9.17, 15) is 0 Å². The fourth-order valence-corrected chi connectivity index (χ4v) is 3.09. The number of anilines is 1. The smallest absolute Gasteiger partial charge is 0.0459 e. The van der Waals surface area contributed by atoms with E-state index in [2.05, 4.69) is 30.0 Å². The van der Waals surface area contributed by atoms with Crippen LogP contribution in [0.5, 0.6) is 0 Å². The first-order valence-corrected chi connectivity index (χ1v) is 7.40. The molecule has 19 heavy (non-hydrogen) atoms. The molecule has 1 unspecified atom stereocenters. The van der Waals surface area contributed by atoms with Gasteiger partial charge in [0.05, 0.1) is 0 Å². The second-order valence-corrected chi connectivity index (χ2v) is 5.89. The van der Waals surface area contributed by atoms with Crippen LogP contribution in [0.2, 0.25) is 5.02 Å². The number of nitrogens with two attached hydrogens (primary N) is 1. The number of hydrogen-bond donors (Lipinski definition) is 1. The molecule has 0 saturated carbocycles. The normalized spacial score (nSPS) is 20.1. The van der Waals surface area contributed by atoms with Crippen LogP contribution in [0, 0.1) is 0 Å². The Kier molecular flexibility index (Phi) is 5.08. The van der Waals surface area contributed by atoms with Gasteiger partial charge in [-0.1, -0.05) is 17.7 Å². The van der Waals surface area contributed by atoms with Crippen molar-refractivity contribution in [3.63, 3.8) is 0 Å². The van der Waals surface area contributed by atoms with Gasteiger partial charge in [0.1, 0.15) is 0 Å². The monoisotopic (exact) mass is 281 g/mol. The molecule has 0 aromatic heterocycles. The summed E-state index contributed by atoms with van der Waals surface area (Å²) in [6, 6.07) is 6.80. The molecule has 1 aromatic carbocycles. The lowest BCUT2D eigenvalue weighted by Crippen LogP contribution is -2.45. The summed E-state index contributed by atoms with van der Waals surface area (Å²) < 4.78 is 0. The first kappa shape index (κ1) is 14.6. The quantitative estimate of drug-likeness (QED) is 0.920. The van der Waals surface area contributed by atoms with Crippen molar-refractivity contribution in [3.8, 4) is 0 Å². The standard InChI is InChI=1S/C15H24ClN3/c1-18(2)12-5-4-10-19(11-12)15-7-3-6-14(16)13(15)8-9-17/h3,6-7,12H,4-5,8-11,17H2,1-2H3. The van der Waals surface area contributed by atoms with Crippen LogP contribution in [-0.2, 0) is 6.42 Å². The number of halogens is 1. The number of hydrogen-bond acceptors (Lipinski definition) is 3. The molecular formula is C15H24ClN3. The number of rotatable bonds is 4. The van der Waals surface area contributed by atoms with Gasteiger partial charge in [0, 0.05) is 29.8 Å². The van der Waals surface area contributed by atoms with Crippen molar-refractivity contribution in [3.05, 3.63) is 28.8 Å². The zero-order valence-electron chi connectivity index (χ0n) is 11.9. The number of piperidine rings is 1. The Labute approximate surface area is 121 Å². The lowest BCUT2D eigenvalue weighted by molar-refractivity contribution is 0.258. The summed E-state index contributed by atoms with van der Waals surface area (Å²) in [6.07, 6.45) is 3.35. The molecular weight excluding hydrogens is 258 g/mol. The molecule has 1 aliphatic heterocycles. The Balaban J connectivity index is 2.23. The third-order valence-corrected chi connectivity index (χ3v) is 4.31. The summed E-state index contributed by atoms with van der Waals surface area (Å²) in [7, 11) is 4.32. The minimum Gasteiger partial charge on any atom is -0.370 e. The number of benzene rings is 1. The minimum atomic E-state index is 0.624. The maximum absolute atomic E-state index is 6.33. The van der Waals surface area contributed by atoms with E-state index in [-0.39, 0.29) is 0 Å². The highest BCUT2D eigenvalue weighted by atomic mass is 35.5. The van der Waals surface area contributed by atoms with Crippen LogP contribution >= 0.6 is 11.6 Å². The predicted molar refractivity (Wildman–Crippen MR) is 83.1 cm³/mol. The van der Waals surface area contributed by atoms with Crippen molar-refractivity contribution >= 4 is 17.3 Å². The molecule has 0 spiro atoms. The summed E-state index contributed by atoms with van der Waals surface area (Å²) in [5.41, 5.74) is 8.19. The van der Waals surface area contributed by atoms with E-state index in [1.807, 2.05) is 12.1 Å². The molecule has 1 aromatic rings. The molecule has 0 amide bonds. The van der Waals surface area contributed by atoms with Gasteiger partial charge < -0.3 is 15.5 Å². The van der Waals surface area contributed by atoms with E-state index < -0.39 is 0 Å². The fraction of sp³-hybridized carbons (Fsp3) is 0.600. The molecule has 106 valence electrons. The van der Waals surface area contributed by atoms with Crippen LogP contribution in [0.3, 0.4) is 0 Å². The van der Waals surface area contributed by atoms with Gasteiger partial charge in [-0.05, 0) is 57.6 Å². The van der Waals surface area contributed by atoms with Crippen LogP contribution in [0.1, 0.15) is 18.4 Å². The molecule has 1 atom stereocenters. The third-order valence-electron chi connectivity index (χ3n) is 3.96. The Morgan fingerprint density at radius 3 is 2.89 bits per heavy atom. The summed E-state index contributed by atoms with van der Waals surface area (Å²) in [4.78, 5) is 4.78. The summed E-state index contributed by atoms with van der Waals surface area (Å²) in [5, 5.41) is 0.843. The summed E-state index contributed by atoms with van der Waals surface area (Å²) >= 11 is 6.33. The van der Waals surface area contributed by atoms with Crippen molar-refractivity contribution in [1.29, 1.82) is 0 Å². The Hall–Kier alpha value is -0.770. The van der Waals surface area contributed by atoms with Gasteiger partial charge >= 0.3 is 0 Å². The van der Waals surface area contributed by atoms with Gasteiger partial charge in [0.15, 0.2) is 0 Å². The zero-order valence-corrected chi connectivity index (χ0v) is 12.7. The van der Waals surface area contributed by atoms with Crippen molar-refractivity contribution in [2.75, 3.05) is 38.6 Å². The minimum absolute atomic E-state index is 0.624. The maximum atomic E-state index is 6.33. The summed E-state index contributed by atoms with van der Waals surface area (Å²) in [5.74, 6) is 0. The highest BCUT2D eigenvalue weighted by Gasteiger charge is 2.23. The predicted octanol–water partition coefficient (Wildman–Crippen LogP) is 2.37. The molecule has 0 radical (unpaired) electrons. The van der Waals surface area contributed by atoms with Crippen molar-refractivity contribution in [2.45, 2.75) is 25.3 Å². The Bertz CT molecular complexity index is 420. The first-order valence-electron chi connectivity index (χ1n) is 7.02. The number of likely N-dealkylation sites (N-methyl/N-ethyl adjacent to an activating group) is 1. The van der Waals surface area contributed by atoms with E-state index in [0.717, 1.165) is 24.5 Å². The van der Waals surface area contributed by atoms with Gasteiger partial charge in [0.25, 0.3) is 0 Å². The van der Waals surface area contributed by atoms with Gasteiger partial charge in [-0.25, -0.2) is 0 Å². The van der Waals surface area contributed by atoms with E-state index >= 15 is 0 Å². The van der Waals surface area contributed by atoms with E-state index in [1.165, 1.54) is 24.1 Å². The van der Waals surface area contributed by atoms with Crippen LogP contribution < -0.4 is 10.6 Å². The van der Waals surface area contributed by atoms with E-state index in [0.29, 0.717) is 12.6 Å².